The van der Waals surface area contributed by atoms with Crippen LogP contribution < -0.4 is 5.32 Å². The van der Waals surface area contributed by atoms with Gasteiger partial charge in [-0.1, -0.05) is 0 Å². The number of nitrogens with one attached hydrogen (secondary N) is 1. The van der Waals surface area contributed by atoms with E-state index >= 15 is 0 Å². The number of ether oxygens (including phenoxy) is 2. The van der Waals surface area contributed by atoms with Crippen LogP contribution in [0.25, 0.3) is 0 Å². The predicted octanol–water partition coefficient (Wildman–Crippen LogP) is 0.144. The molecular formula is C13H23NO5. The van der Waals surface area contributed by atoms with Crippen molar-refractivity contribution in [3.63, 3.8) is 0 Å². The molecule has 19 heavy (non-hydrogen) atoms. The summed E-state index contributed by atoms with van der Waals surface area (Å²) in [6.45, 7) is 1.56. The highest BCUT2D eigenvalue weighted by molar-refractivity contribution is 4.96. The lowest BCUT2D eigenvalue weighted by atomic mass is 10.2. The Morgan fingerprint density at radius 3 is 2.89 bits per heavy atom. The molecule has 6 nitrogen and oxygen atoms in total. The smallest absolute Gasteiger partial charge is 0.129 e. The van der Waals surface area contributed by atoms with Crippen LogP contribution in [0, 0.1) is 0 Å². The Morgan fingerprint density at radius 2 is 2.26 bits per heavy atom. The molecule has 2 atom stereocenters. The number of aliphatic hydroxyl groups is 2. The molecule has 0 aliphatic heterocycles. The summed E-state index contributed by atoms with van der Waals surface area (Å²) in [4.78, 5) is 0. The van der Waals surface area contributed by atoms with E-state index < -0.39 is 6.10 Å². The molecule has 1 heterocycles. The van der Waals surface area contributed by atoms with Crippen LogP contribution in [0.3, 0.4) is 0 Å². The molecule has 0 radical (unpaired) electrons. The van der Waals surface area contributed by atoms with E-state index in [1.165, 1.54) is 0 Å². The maximum absolute atomic E-state index is 9.74. The highest BCUT2D eigenvalue weighted by atomic mass is 16.5. The molecule has 0 bridgehead atoms. The molecule has 0 aliphatic carbocycles. The normalized spacial score (nSPS) is 14.5. The average molecular weight is 273 g/mol. The number of methoxy groups -OCH3 is 1. The van der Waals surface area contributed by atoms with Gasteiger partial charge in [0.1, 0.15) is 12.4 Å². The third-order valence-corrected chi connectivity index (χ3v) is 2.62. The Morgan fingerprint density at radius 1 is 1.42 bits per heavy atom. The summed E-state index contributed by atoms with van der Waals surface area (Å²) in [6, 6.07) is 3.65. The number of hydrogen-bond donors (Lipinski definition) is 3. The number of aliphatic hydroxyl groups excluding tert-OH is 2. The van der Waals surface area contributed by atoms with E-state index in [4.69, 9.17) is 19.0 Å². The molecule has 2 unspecified atom stereocenters. The van der Waals surface area contributed by atoms with Gasteiger partial charge in [0.15, 0.2) is 0 Å². The molecule has 6 heteroatoms. The van der Waals surface area contributed by atoms with Gasteiger partial charge in [0.25, 0.3) is 0 Å². The Bertz CT molecular complexity index is 298. The summed E-state index contributed by atoms with van der Waals surface area (Å²) in [5, 5.41) is 21.8. The standard InChI is InChI=1S/C13H23NO5/c1-17-8-11(4-5-15)14-7-12(16)9-18-10-13-3-2-6-19-13/h2-3,6,11-12,14-16H,4-5,7-10H2,1H3. The van der Waals surface area contributed by atoms with Crippen molar-refractivity contribution in [3.8, 4) is 0 Å². The van der Waals surface area contributed by atoms with E-state index in [1.54, 1.807) is 19.4 Å². The average Bonchev–Trinajstić information content (AvgIpc) is 2.90. The molecule has 0 aliphatic rings. The van der Waals surface area contributed by atoms with Crippen molar-refractivity contribution < 1.29 is 24.1 Å². The van der Waals surface area contributed by atoms with Gasteiger partial charge in [0, 0.05) is 26.3 Å². The summed E-state index contributed by atoms with van der Waals surface area (Å²) < 4.78 is 15.5. The lowest BCUT2D eigenvalue weighted by molar-refractivity contribution is 0.0195. The highest BCUT2D eigenvalue weighted by Gasteiger charge is 2.11. The van der Waals surface area contributed by atoms with Gasteiger partial charge >= 0.3 is 0 Å². The molecule has 0 saturated carbocycles. The van der Waals surface area contributed by atoms with Crippen LogP contribution in [-0.4, -0.2) is 55.8 Å². The molecule has 1 rings (SSSR count). The Hall–Kier alpha value is -0.920. The zero-order valence-corrected chi connectivity index (χ0v) is 11.2. The van der Waals surface area contributed by atoms with Crippen molar-refractivity contribution in [2.75, 3.05) is 33.5 Å². The molecule has 110 valence electrons. The summed E-state index contributed by atoms with van der Waals surface area (Å²) in [5.41, 5.74) is 0. The van der Waals surface area contributed by atoms with E-state index in [9.17, 15) is 5.11 Å². The molecule has 1 aromatic heterocycles. The summed E-state index contributed by atoms with van der Waals surface area (Å²) in [6.07, 6.45) is 1.57. The Balaban J connectivity index is 2.10. The number of furan rings is 1. The lowest BCUT2D eigenvalue weighted by Crippen LogP contribution is -2.40. The minimum absolute atomic E-state index is 0.0368. The van der Waals surface area contributed by atoms with E-state index in [2.05, 4.69) is 5.32 Å². The zero-order chi connectivity index (χ0) is 13.9. The van der Waals surface area contributed by atoms with Crippen molar-refractivity contribution in [1.82, 2.24) is 5.32 Å². The lowest BCUT2D eigenvalue weighted by Gasteiger charge is -2.19. The van der Waals surface area contributed by atoms with E-state index in [1.807, 2.05) is 6.07 Å². The molecule has 1 aromatic rings. The first-order valence-corrected chi connectivity index (χ1v) is 6.37. The Kier molecular flexibility index (Phi) is 8.44. The first kappa shape index (κ1) is 16.1. The molecule has 3 N–H and O–H groups in total. The van der Waals surface area contributed by atoms with Crippen molar-refractivity contribution >= 4 is 0 Å². The largest absolute Gasteiger partial charge is 0.467 e. The van der Waals surface area contributed by atoms with Gasteiger partial charge in [-0.05, 0) is 18.6 Å². The molecule has 0 saturated heterocycles. The molecule has 0 spiro atoms. The summed E-state index contributed by atoms with van der Waals surface area (Å²) in [7, 11) is 1.61. The molecule has 0 amide bonds. The molecule has 0 aromatic carbocycles. The van der Waals surface area contributed by atoms with Crippen molar-refractivity contribution in [2.24, 2.45) is 0 Å². The van der Waals surface area contributed by atoms with Gasteiger partial charge < -0.3 is 29.4 Å². The van der Waals surface area contributed by atoms with Gasteiger partial charge in [-0.15, -0.1) is 0 Å². The third kappa shape index (κ3) is 7.29. The van der Waals surface area contributed by atoms with Crippen LogP contribution >= 0.6 is 0 Å². The first-order valence-electron chi connectivity index (χ1n) is 6.37. The van der Waals surface area contributed by atoms with E-state index in [0.717, 1.165) is 5.76 Å². The second-order valence-corrected chi connectivity index (χ2v) is 4.32. The fraction of sp³-hybridized carbons (Fsp3) is 0.692. The van der Waals surface area contributed by atoms with Gasteiger partial charge in [-0.3, -0.25) is 0 Å². The van der Waals surface area contributed by atoms with Crippen LogP contribution in [0.2, 0.25) is 0 Å². The van der Waals surface area contributed by atoms with E-state index in [0.29, 0.717) is 26.2 Å². The zero-order valence-electron chi connectivity index (χ0n) is 11.2. The summed E-state index contributed by atoms with van der Waals surface area (Å²) >= 11 is 0. The Labute approximate surface area is 113 Å². The van der Waals surface area contributed by atoms with Crippen LogP contribution in [0.15, 0.2) is 22.8 Å². The summed E-state index contributed by atoms with van der Waals surface area (Å²) in [5.74, 6) is 0.734. The third-order valence-electron chi connectivity index (χ3n) is 2.62. The monoisotopic (exact) mass is 273 g/mol. The minimum atomic E-state index is -0.604. The fourth-order valence-electron chi connectivity index (χ4n) is 1.65. The van der Waals surface area contributed by atoms with Crippen molar-refractivity contribution in [2.45, 2.75) is 25.2 Å². The minimum Gasteiger partial charge on any atom is -0.467 e. The second kappa shape index (κ2) is 9.94. The van der Waals surface area contributed by atoms with Crippen LogP contribution in [-0.2, 0) is 16.1 Å². The number of rotatable bonds is 11. The maximum atomic E-state index is 9.74. The SMILES string of the molecule is COCC(CCO)NCC(O)COCc1ccco1. The van der Waals surface area contributed by atoms with E-state index in [-0.39, 0.29) is 19.3 Å². The maximum Gasteiger partial charge on any atom is 0.129 e. The molecular weight excluding hydrogens is 250 g/mol. The van der Waals surface area contributed by atoms with Crippen molar-refractivity contribution in [1.29, 1.82) is 0 Å². The quantitative estimate of drug-likeness (QED) is 0.532. The van der Waals surface area contributed by atoms with Gasteiger partial charge in [0.05, 0.1) is 25.6 Å². The second-order valence-electron chi connectivity index (χ2n) is 4.32. The topological polar surface area (TPSA) is 84.1 Å². The fourth-order valence-corrected chi connectivity index (χ4v) is 1.65. The van der Waals surface area contributed by atoms with Gasteiger partial charge in [-0.25, -0.2) is 0 Å². The van der Waals surface area contributed by atoms with Crippen LogP contribution in [0.5, 0.6) is 0 Å². The number of hydrogen-bond acceptors (Lipinski definition) is 6. The van der Waals surface area contributed by atoms with Crippen LogP contribution in [0.4, 0.5) is 0 Å². The molecule has 0 fully saturated rings. The van der Waals surface area contributed by atoms with Gasteiger partial charge in [0.2, 0.25) is 0 Å². The van der Waals surface area contributed by atoms with Crippen LogP contribution in [0.1, 0.15) is 12.2 Å². The van der Waals surface area contributed by atoms with Crippen molar-refractivity contribution in [3.05, 3.63) is 24.2 Å². The first-order chi connectivity index (χ1) is 9.26. The predicted molar refractivity (Wildman–Crippen MR) is 69.7 cm³/mol. The highest BCUT2D eigenvalue weighted by Crippen LogP contribution is 2.02. The van der Waals surface area contributed by atoms with Gasteiger partial charge in [-0.2, -0.15) is 0 Å².